The number of benzene rings is 2. The van der Waals surface area contributed by atoms with Crippen LogP contribution in [0.3, 0.4) is 0 Å². The van der Waals surface area contributed by atoms with Gasteiger partial charge in [0.05, 0.1) is 6.54 Å². The van der Waals surface area contributed by atoms with Crippen LogP contribution in [0, 0.1) is 0 Å². The first kappa shape index (κ1) is 24.0. The maximum absolute atomic E-state index is 10.8. The zero-order valence-electron chi connectivity index (χ0n) is 16.0. The molecule has 0 aliphatic heterocycles. The van der Waals surface area contributed by atoms with Gasteiger partial charge in [-0.3, -0.25) is 4.79 Å². The Bertz CT molecular complexity index is 801. The second-order valence-electron chi connectivity index (χ2n) is 6.02. The van der Waals surface area contributed by atoms with Gasteiger partial charge in [-0.15, -0.1) is 24.0 Å². The number of amides is 1. The van der Waals surface area contributed by atoms with Gasteiger partial charge in [0.2, 0.25) is 0 Å². The Morgan fingerprint density at radius 1 is 1.25 bits per heavy atom. The number of nitrogens with zero attached hydrogens (tertiary/aromatic N) is 2. The van der Waals surface area contributed by atoms with Gasteiger partial charge in [-0.2, -0.15) is 0 Å². The lowest BCUT2D eigenvalue weighted by atomic mass is 10.2. The molecule has 0 heterocycles. The molecule has 0 aliphatic carbocycles. The summed E-state index contributed by atoms with van der Waals surface area (Å²) in [6.07, 6.45) is 0. The number of aliphatic imine (C=N–C) groups is 1. The summed E-state index contributed by atoms with van der Waals surface area (Å²) < 4.78 is 5.34. The minimum atomic E-state index is -0.506. The number of hydrogen-bond acceptors (Lipinski definition) is 3. The standard InChI is InChI=1S/C20H25ClN4O2.HI/c1-3-23-20(25(2)13-16-8-4-5-10-18(16)21)24-12-15-7-6-9-17(11-15)27-14-19(22)26;/h4-11H,3,12-14H2,1-2H3,(H2,22,26)(H,23,24);1H. The molecule has 2 aromatic carbocycles. The number of guanidine groups is 1. The third-order valence-electron chi connectivity index (χ3n) is 3.75. The Kier molecular flexibility index (Phi) is 10.7. The fourth-order valence-corrected chi connectivity index (χ4v) is 2.68. The number of carbonyl (C=O) groups is 1. The normalized spacial score (nSPS) is 10.8. The molecule has 0 atom stereocenters. The van der Waals surface area contributed by atoms with Crippen LogP contribution < -0.4 is 15.8 Å². The molecule has 0 saturated heterocycles. The van der Waals surface area contributed by atoms with Gasteiger partial charge in [0.15, 0.2) is 12.6 Å². The van der Waals surface area contributed by atoms with E-state index in [0.717, 1.165) is 28.7 Å². The van der Waals surface area contributed by atoms with Crippen LogP contribution in [0.15, 0.2) is 53.5 Å². The molecule has 1 amide bonds. The van der Waals surface area contributed by atoms with Crippen molar-refractivity contribution in [3.05, 3.63) is 64.7 Å². The van der Waals surface area contributed by atoms with E-state index in [1.807, 2.05) is 61.3 Å². The van der Waals surface area contributed by atoms with Crippen LogP contribution in [0.2, 0.25) is 5.02 Å². The van der Waals surface area contributed by atoms with Crippen LogP contribution >= 0.6 is 35.6 Å². The van der Waals surface area contributed by atoms with Gasteiger partial charge in [0.1, 0.15) is 5.75 Å². The van der Waals surface area contributed by atoms with E-state index < -0.39 is 5.91 Å². The molecule has 0 aromatic heterocycles. The van der Waals surface area contributed by atoms with Crippen LogP contribution in [-0.2, 0) is 17.9 Å². The van der Waals surface area contributed by atoms with Crippen LogP contribution in [0.5, 0.6) is 5.75 Å². The highest BCUT2D eigenvalue weighted by molar-refractivity contribution is 14.0. The first-order valence-corrected chi connectivity index (χ1v) is 9.10. The van der Waals surface area contributed by atoms with E-state index >= 15 is 0 Å². The highest BCUT2D eigenvalue weighted by Crippen LogP contribution is 2.17. The van der Waals surface area contributed by atoms with Crippen LogP contribution in [0.25, 0.3) is 0 Å². The lowest BCUT2D eigenvalue weighted by Gasteiger charge is -2.22. The average molecular weight is 517 g/mol. The summed E-state index contributed by atoms with van der Waals surface area (Å²) in [4.78, 5) is 17.6. The van der Waals surface area contributed by atoms with Gasteiger partial charge < -0.3 is 20.7 Å². The number of rotatable bonds is 8. The Morgan fingerprint density at radius 3 is 2.68 bits per heavy atom. The van der Waals surface area contributed by atoms with Crippen LogP contribution in [0.1, 0.15) is 18.1 Å². The number of ether oxygens (including phenoxy) is 1. The zero-order chi connectivity index (χ0) is 19.6. The summed E-state index contributed by atoms with van der Waals surface area (Å²) in [5, 5.41) is 4.02. The van der Waals surface area contributed by atoms with Gasteiger partial charge in [-0.1, -0.05) is 41.9 Å². The van der Waals surface area contributed by atoms with E-state index in [0.29, 0.717) is 18.8 Å². The van der Waals surface area contributed by atoms with Crippen molar-refractivity contribution < 1.29 is 9.53 Å². The first-order chi connectivity index (χ1) is 13.0. The molecule has 0 aliphatic rings. The topological polar surface area (TPSA) is 80.0 Å². The van der Waals surface area contributed by atoms with Crippen molar-refractivity contribution >= 4 is 47.4 Å². The lowest BCUT2D eigenvalue weighted by molar-refractivity contribution is -0.119. The third kappa shape index (κ3) is 7.93. The molecule has 0 radical (unpaired) electrons. The summed E-state index contributed by atoms with van der Waals surface area (Å²) in [6, 6.07) is 15.2. The molecule has 0 saturated carbocycles. The second-order valence-corrected chi connectivity index (χ2v) is 6.43. The molecule has 152 valence electrons. The van der Waals surface area contributed by atoms with E-state index in [1.54, 1.807) is 6.07 Å². The predicted octanol–water partition coefficient (Wildman–Crippen LogP) is 3.42. The van der Waals surface area contributed by atoms with Crippen molar-refractivity contribution in [1.82, 2.24) is 10.2 Å². The number of nitrogens with one attached hydrogen (secondary N) is 1. The summed E-state index contributed by atoms with van der Waals surface area (Å²) in [5.41, 5.74) is 7.12. The molecule has 2 aromatic rings. The Labute approximate surface area is 188 Å². The van der Waals surface area contributed by atoms with Gasteiger partial charge >= 0.3 is 0 Å². The fraction of sp³-hybridized carbons (Fsp3) is 0.300. The Balaban J connectivity index is 0.00000392. The number of nitrogens with two attached hydrogens (primary N) is 1. The monoisotopic (exact) mass is 516 g/mol. The minimum absolute atomic E-state index is 0. The molecule has 28 heavy (non-hydrogen) atoms. The maximum atomic E-state index is 10.8. The number of primary amides is 1. The highest BCUT2D eigenvalue weighted by Gasteiger charge is 2.09. The van der Waals surface area contributed by atoms with Crippen molar-refractivity contribution in [2.24, 2.45) is 10.7 Å². The average Bonchev–Trinajstić information content (AvgIpc) is 2.65. The van der Waals surface area contributed by atoms with Gasteiger partial charge in [-0.05, 0) is 36.2 Å². The van der Waals surface area contributed by atoms with E-state index in [-0.39, 0.29) is 30.6 Å². The SMILES string of the molecule is CCNC(=NCc1cccc(OCC(N)=O)c1)N(C)Cc1ccccc1Cl.I. The minimum Gasteiger partial charge on any atom is -0.484 e. The number of hydrogen-bond donors (Lipinski definition) is 2. The van der Waals surface area contributed by atoms with Crippen LogP contribution in [-0.4, -0.2) is 37.0 Å². The van der Waals surface area contributed by atoms with Crippen molar-refractivity contribution in [3.63, 3.8) is 0 Å². The molecule has 3 N–H and O–H groups in total. The highest BCUT2D eigenvalue weighted by atomic mass is 127. The molecule has 0 unspecified atom stereocenters. The van der Waals surface area contributed by atoms with E-state index in [2.05, 4.69) is 10.3 Å². The third-order valence-corrected chi connectivity index (χ3v) is 4.12. The lowest BCUT2D eigenvalue weighted by Crippen LogP contribution is -2.38. The maximum Gasteiger partial charge on any atom is 0.255 e. The number of carbonyl (C=O) groups excluding carboxylic acids is 1. The molecule has 8 heteroatoms. The molecular formula is C20H26ClIN4O2. The van der Waals surface area contributed by atoms with Crippen molar-refractivity contribution in [3.8, 4) is 5.75 Å². The summed E-state index contributed by atoms with van der Waals surface area (Å²) in [5.74, 6) is 0.867. The predicted molar refractivity (Wildman–Crippen MR) is 124 cm³/mol. The molecule has 6 nitrogen and oxygen atoms in total. The number of halogens is 2. The molecular weight excluding hydrogens is 491 g/mol. The Morgan fingerprint density at radius 2 is 2.00 bits per heavy atom. The first-order valence-electron chi connectivity index (χ1n) is 8.72. The summed E-state index contributed by atoms with van der Waals surface area (Å²) in [6.45, 7) is 3.76. The van der Waals surface area contributed by atoms with E-state index in [9.17, 15) is 4.79 Å². The van der Waals surface area contributed by atoms with Crippen molar-refractivity contribution in [1.29, 1.82) is 0 Å². The quantitative estimate of drug-likeness (QED) is 0.320. The van der Waals surface area contributed by atoms with E-state index in [4.69, 9.17) is 22.1 Å². The molecule has 2 rings (SSSR count). The van der Waals surface area contributed by atoms with Crippen molar-refractivity contribution in [2.45, 2.75) is 20.0 Å². The van der Waals surface area contributed by atoms with Gasteiger partial charge in [0, 0.05) is 25.2 Å². The molecule has 0 bridgehead atoms. The largest absolute Gasteiger partial charge is 0.484 e. The Hall–Kier alpha value is -2.00. The summed E-state index contributed by atoms with van der Waals surface area (Å²) in [7, 11) is 1.97. The van der Waals surface area contributed by atoms with Crippen LogP contribution in [0.4, 0.5) is 0 Å². The zero-order valence-corrected chi connectivity index (χ0v) is 19.1. The summed E-state index contributed by atoms with van der Waals surface area (Å²) >= 11 is 6.26. The van der Waals surface area contributed by atoms with Gasteiger partial charge in [0.25, 0.3) is 5.91 Å². The second kappa shape index (κ2) is 12.5. The van der Waals surface area contributed by atoms with Crippen molar-refractivity contribution in [2.75, 3.05) is 20.2 Å². The smallest absolute Gasteiger partial charge is 0.255 e. The molecule has 0 spiro atoms. The molecule has 0 fully saturated rings. The van der Waals surface area contributed by atoms with E-state index in [1.165, 1.54) is 0 Å². The fourth-order valence-electron chi connectivity index (χ4n) is 2.48. The van der Waals surface area contributed by atoms with Gasteiger partial charge in [-0.25, -0.2) is 4.99 Å².